The number of amides is 1. The summed E-state index contributed by atoms with van der Waals surface area (Å²) in [5.74, 6) is 1.51. The topological polar surface area (TPSA) is 29.1 Å². The Kier molecular flexibility index (Phi) is 3.50. The third-order valence-corrected chi connectivity index (χ3v) is 7.06. The summed E-state index contributed by atoms with van der Waals surface area (Å²) in [5, 5.41) is 3.22. The molecule has 0 spiro atoms. The predicted octanol–water partition coefficient (Wildman–Crippen LogP) is 4.92. The average molecular weight is 336 g/mol. The van der Waals surface area contributed by atoms with Crippen LogP contribution in [0.25, 0.3) is 0 Å². The van der Waals surface area contributed by atoms with Crippen LogP contribution in [-0.2, 0) is 4.79 Å². The predicted molar refractivity (Wildman–Crippen MR) is 92.6 cm³/mol. The lowest BCUT2D eigenvalue weighted by Crippen LogP contribution is -2.57. The number of hydrogen-bond donors (Lipinski definition) is 1. The van der Waals surface area contributed by atoms with Gasteiger partial charge >= 0.3 is 0 Å². The minimum atomic E-state index is -0.225. The zero-order valence-electron chi connectivity index (χ0n) is 12.9. The van der Waals surface area contributed by atoms with Crippen LogP contribution >= 0.6 is 23.4 Å². The number of benzene rings is 1. The molecule has 0 saturated heterocycles. The molecule has 1 aromatic carbocycles. The van der Waals surface area contributed by atoms with E-state index in [1.54, 1.807) is 11.8 Å². The molecule has 5 rings (SSSR count). The summed E-state index contributed by atoms with van der Waals surface area (Å²) < 4.78 is 0. The number of rotatable bonds is 3. The standard InChI is InChI=1S/C18H22ClNOS/c1-22-15-5-3-2-4-14(15)20-16(21)17-7-12-6-13(8-17)10-18(19,9-12)11-17/h2-5,12-13H,6-11H2,1H3,(H,20,21). The van der Waals surface area contributed by atoms with Crippen LogP contribution in [0.1, 0.15) is 38.5 Å². The van der Waals surface area contributed by atoms with E-state index in [1.165, 1.54) is 6.42 Å². The number of carbonyl (C=O) groups excluding carboxylic acids is 1. The molecule has 4 fully saturated rings. The molecule has 1 aromatic rings. The van der Waals surface area contributed by atoms with Crippen LogP contribution in [0.4, 0.5) is 5.69 Å². The normalized spacial score (nSPS) is 39.0. The van der Waals surface area contributed by atoms with E-state index in [-0.39, 0.29) is 16.2 Å². The first-order valence-electron chi connectivity index (χ1n) is 8.15. The molecule has 0 aromatic heterocycles. The molecule has 4 aliphatic carbocycles. The number of hydrogen-bond acceptors (Lipinski definition) is 2. The van der Waals surface area contributed by atoms with Gasteiger partial charge in [0, 0.05) is 9.77 Å². The minimum absolute atomic E-state index is 0.111. The fourth-order valence-corrected chi connectivity index (χ4v) is 6.67. The maximum atomic E-state index is 13.1. The fourth-order valence-electron chi connectivity index (χ4n) is 5.42. The van der Waals surface area contributed by atoms with Crippen molar-refractivity contribution in [3.8, 4) is 0 Å². The number of anilines is 1. The van der Waals surface area contributed by atoms with Crippen molar-refractivity contribution >= 4 is 35.0 Å². The molecular weight excluding hydrogens is 314 g/mol. The van der Waals surface area contributed by atoms with Crippen LogP contribution in [0.5, 0.6) is 0 Å². The Hall–Kier alpha value is -0.670. The molecule has 0 radical (unpaired) electrons. The van der Waals surface area contributed by atoms with Gasteiger partial charge < -0.3 is 5.32 Å². The molecule has 0 aliphatic heterocycles. The summed E-state index contributed by atoms with van der Waals surface area (Å²) in [5.41, 5.74) is 0.719. The molecular formula is C18H22ClNOS. The number of halogens is 1. The molecule has 4 bridgehead atoms. The van der Waals surface area contributed by atoms with Crippen molar-refractivity contribution in [3.63, 3.8) is 0 Å². The Morgan fingerprint density at radius 1 is 1.23 bits per heavy atom. The summed E-state index contributed by atoms with van der Waals surface area (Å²) in [6.07, 6.45) is 8.48. The zero-order chi connectivity index (χ0) is 15.4. The van der Waals surface area contributed by atoms with Gasteiger partial charge in [0.15, 0.2) is 0 Å². The molecule has 1 N–H and O–H groups in total. The molecule has 4 aliphatic rings. The molecule has 4 saturated carbocycles. The Balaban J connectivity index is 1.60. The summed E-state index contributed by atoms with van der Waals surface area (Å²) in [4.78, 5) is 14.1. The zero-order valence-corrected chi connectivity index (χ0v) is 14.5. The van der Waals surface area contributed by atoms with Gasteiger partial charge in [-0.15, -0.1) is 23.4 Å². The maximum Gasteiger partial charge on any atom is 0.230 e. The Morgan fingerprint density at radius 2 is 1.91 bits per heavy atom. The number of nitrogens with one attached hydrogen (secondary N) is 1. The molecule has 1 amide bonds. The van der Waals surface area contributed by atoms with Gasteiger partial charge in [-0.2, -0.15) is 0 Å². The summed E-state index contributed by atoms with van der Waals surface area (Å²) >= 11 is 8.51. The highest BCUT2D eigenvalue weighted by molar-refractivity contribution is 7.98. The van der Waals surface area contributed by atoms with E-state index in [2.05, 4.69) is 11.4 Å². The first kappa shape index (κ1) is 14.9. The summed E-state index contributed by atoms with van der Waals surface area (Å²) in [7, 11) is 0. The van der Waals surface area contributed by atoms with Crippen LogP contribution < -0.4 is 5.32 Å². The molecule has 4 heteroatoms. The molecule has 22 heavy (non-hydrogen) atoms. The van der Waals surface area contributed by atoms with Gasteiger partial charge in [-0.25, -0.2) is 0 Å². The second-order valence-electron chi connectivity index (χ2n) is 7.55. The van der Waals surface area contributed by atoms with Gasteiger partial charge in [0.2, 0.25) is 5.91 Å². The van der Waals surface area contributed by atoms with E-state index in [9.17, 15) is 4.79 Å². The van der Waals surface area contributed by atoms with Gasteiger partial charge in [-0.1, -0.05) is 12.1 Å². The van der Waals surface area contributed by atoms with Crippen molar-refractivity contribution in [2.45, 2.75) is 48.3 Å². The van der Waals surface area contributed by atoms with Crippen molar-refractivity contribution < 1.29 is 4.79 Å². The number of alkyl halides is 1. The van der Waals surface area contributed by atoms with Crippen LogP contribution in [0.15, 0.2) is 29.2 Å². The summed E-state index contributed by atoms with van der Waals surface area (Å²) in [6.45, 7) is 0. The second kappa shape index (κ2) is 5.17. The van der Waals surface area contributed by atoms with Gasteiger partial charge in [0.1, 0.15) is 0 Å². The van der Waals surface area contributed by atoms with Crippen LogP contribution in [0, 0.1) is 17.3 Å². The highest BCUT2D eigenvalue weighted by Crippen LogP contribution is 2.64. The van der Waals surface area contributed by atoms with Gasteiger partial charge in [0.05, 0.1) is 11.1 Å². The van der Waals surface area contributed by atoms with Crippen LogP contribution in [-0.4, -0.2) is 17.0 Å². The van der Waals surface area contributed by atoms with E-state index in [4.69, 9.17) is 11.6 Å². The first-order valence-corrected chi connectivity index (χ1v) is 9.76. The molecule has 0 heterocycles. The van der Waals surface area contributed by atoms with Crippen molar-refractivity contribution in [3.05, 3.63) is 24.3 Å². The number of carbonyl (C=O) groups is 1. The molecule has 2 unspecified atom stereocenters. The quantitative estimate of drug-likeness (QED) is 0.627. The smallest absolute Gasteiger partial charge is 0.230 e. The van der Waals surface area contributed by atoms with Gasteiger partial charge in [-0.05, 0) is 68.7 Å². The van der Waals surface area contributed by atoms with E-state index in [0.717, 1.165) is 42.7 Å². The number of thioether (sulfide) groups is 1. The van der Waals surface area contributed by atoms with Crippen molar-refractivity contribution in [1.29, 1.82) is 0 Å². The van der Waals surface area contributed by atoms with E-state index < -0.39 is 0 Å². The monoisotopic (exact) mass is 335 g/mol. The third kappa shape index (κ3) is 2.37. The minimum Gasteiger partial charge on any atom is -0.325 e. The Bertz CT molecular complexity index is 603. The van der Waals surface area contributed by atoms with Gasteiger partial charge in [-0.3, -0.25) is 4.79 Å². The van der Waals surface area contributed by atoms with Crippen molar-refractivity contribution in [1.82, 2.24) is 0 Å². The maximum absolute atomic E-state index is 13.1. The van der Waals surface area contributed by atoms with E-state index >= 15 is 0 Å². The number of para-hydroxylation sites is 1. The second-order valence-corrected chi connectivity index (χ2v) is 9.20. The fraction of sp³-hybridized carbons (Fsp3) is 0.611. The first-order chi connectivity index (χ1) is 10.5. The molecule has 2 nitrogen and oxygen atoms in total. The lowest BCUT2D eigenvalue weighted by atomic mass is 9.49. The lowest BCUT2D eigenvalue weighted by Gasteiger charge is -2.59. The van der Waals surface area contributed by atoms with Crippen LogP contribution in [0.2, 0.25) is 0 Å². The third-order valence-electron chi connectivity index (χ3n) is 5.83. The summed E-state index contributed by atoms with van der Waals surface area (Å²) in [6, 6.07) is 8.06. The molecule has 118 valence electrons. The van der Waals surface area contributed by atoms with E-state index in [1.807, 2.05) is 24.5 Å². The largest absolute Gasteiger partial charge is 0.325 e. The Morgan fingerprint density at radius 3 is 2.55 bits per heavy atom. The van der Waals surface area contributed by atoms with Gasteiger partial charge in [0.25, 0.3) is 0 Å². The highest BCUT2D eigenvalue weighted by Gasteiger charge is 2.60. The average Bonchev–Trinajstić information content (AvgIpc) is 2.45. The SMILES string of the molecule is CSc1ccccc1NC(=O)C12CC3CC(CC(Cl)(C3)C1)C2. The lowest BCUT2D eigenvalue weighted by molar-refractivity contribution is -0.138. The van der Waals surface area contributed by atoms with E-state index in [0.29, 0.717) is 11.8 Å². The van der Waals surface area contributed by atoms with Crippen LogP contribution in [0.3, 0.4) is 0 Å². The van der Waals surface area contributed by atoms with Crippen molar-refractivity contribution in [2.24, 2.45) is 17.3 Å². The van der Waals surface area contributed by atoms with Crippen molar-refractivity contribution in [2.75, 3.05) is 11.6 Å². The molecule has 2 atom stereocenters. The highest BCUT2D eigenvalue weighted by atomic mass is 35.5. The Labute approximate surface area is 141 Å².